The van der Waals surface area contributed by atoms with Crippen LogP contribution < -0.4 is 0 Å². The maximum absolute atomic E-state index is 12.2. The number of hydrogen-bond donors (Lipinski definition) is 1. The highest BCUT2D eigenvalue weighted by molar-refractivity contribution is 5.69. The Balaban J connectivity index is 3.82. The number of aliphatic hydroxyl groups is 1. The monoisotopic (exact) mass is 654 g/mol. The Hall–Kier alpha value is -1.14. The molecule has 0 heterocycles. The van der Waals surface area contributed by atoms with E-state index in [0.717, 1.165) is 83.8 Å². The van der Waals surface area contributed by atoms with Gasteiger partial charge in [-0.1, -0.05) is 143 Å². The maximum atomic E-state index is 12.2. The van der Waals surface area contributed by atoms with Crippen LogP contribution in [0.5, 0.6) is 0 Å². The van der Waals surface area contributed by atoms with Crippen molar-refractivity contribution >= 4 is 11.9 Å². The van der Waals surface area contributed by atoms with Crippen LogP contribution in [0.1, 0.15) is 195 Å². The summed E-state index contributed by atoms with van der Waals surface area (Å²) in [5, 5.41) is 9.49. The van der Waals surface area contributed by atoms with Gasteiger partial charge >= 0.3 is 11.9 Å². The van der Waals surface area contributed by atoms with E-state index in [2.05, 4.69) is 32.6 Å². The molecule has 0 amide bonds. The third-order valence-corrected chi connectivity index (χ3v) is 9.53. The van der Waals surface area contributed by atoms with Gasteiger partial charge in [-0.15, -0.1) is 0 Å². The topological polar surface area (TPSA) is 76.1 Å². The van der Waals surface area contributed by atoms with E-state index in [1.54, 1.807) is 0 Å². The van der Waals surface area contributed by atoms with Crippen molar-refractivity contribution in [2.24, 2.45) is 11.8 Å². The van der Waals surface area contributed by atoms with E-state index in [1.165, 1.54) is 89.9 Å². The molecule has 0 spiro atoms. The van der Waals surface area contributed by atoms with Crippen LogP contribution in [-0.2, 0) is 19.1 Å². The molecule has 0 unspecified atom stereocenters. The molecule has 274 valence electrons. The molecule has 0 radical (unpaired) electrons. The lowest BCUT2D eigenvalue weighted by Gasteiger charge is -2.21. The first-order valence-corrected chi connectivity index (χ1v) is 20.1. The molecule has 6 nitrogen and oxygen atoms in total. The average Bonchev–Trinajstić information content (AvgIpc) is 3.04. The quantitative estimate of drug-likeness (QED) is 0.0536. The maximum Gasteiger partial charge on any atom is 0.305 e. The van der Waals surface area contributed by atoms with E-state index < -0.39 is 0 Å². The predicted octanol–water partition coefficient (Wildman–Crippen LogP) is 10.8. The fourth-order valence-corrected chi connectivity index (χ4v) is 6.62. The number of carbonyl (C=O) groups is 2. The normalized spacial score (nSPS) is 11.7. The van der Waals surface area contributed by atoms with Gasteiger partial charge in [-0.05, 0) is 63.5 Å². The minimum atomic E-state index is -0.0320. The standard InChI is InChI=1S/C40H79NO5/c1-5-9-17-25-38(26-18-10-6-2)30-36-46-40(44)28-20-14-12-16-22-32-41(33-34-42)31-21-15-11-13-19-27-39(43)45-35-29-37(23-7-3)24-8-4/h37-38,42H,5-36H2,1-4H3. The van der Waals surface area contributed by atoms with Crippen LogP contribution in [-0.4, -0.2) is 61.4 Å². The lowest BCUT2D eigenvalue weighted by Crippen LogP contribution is -2.29. The fourth-order valence-electron chi connectivity index (χ4n) is 6.62. The van der Waals surface area contributed by atoms with Gasteiger partial charge in [-0.25, -0.2) is 0 Å². The molecule has 1 N–H and O–H groups in total. The van der Waals surface area contributed by atoms with E-state index in [-0.39, 0.29) is 18.5 Å². The predicted molar refractivity (Wildman–Crippen MR) is 195 cm³/mol. The number of aliphatic hydroxyl groups excluding tert-OH is 1. The van der Waals surface area contributed by atoms with Crippen LogP contribution in [0, 0.1) is 11.8 Å². The second-order valence-corrected chi connectivity index (χ2v) is 13.9. The zero-order valence-electron chi connectivity index (χ0n) is 31.3. The van der Waals surface area contributed by atoms with Crippen molar-refractivity contribution in [2.75, 3.05) is 39.5 Å². The summed E-state index contributed by atoms with van der Waals surface area (Å²) in [4.78, 5) is 26.7. The first kappa shape index (κ1) is 44.9. The third-order valence-electron chi connectivity index (χ3n) is 9.53. The second kappa shape index (κ2) is 35.2. The third kappa shape index (κ3) is 30.2. The smallest absolute Gasteiger partial charge is 0.305 e. The summed E-state index contributed by atoms with van der Waals surface area (Å²) >= 11 is 0. The number of carbonyl (C=O) groups excluding carboxylic acids is 2. The van der Waals surface area contributed by atoms with E-state index in [9.17, 15) is 14.7 Å². The van der Waals surface area contributed by atoms with Gasteiger partial charge in [0, 0.05) is 19.4 Å². The van der Waals surface area contributed by atoms with Gasteiger partial charge in [-0.3, -0.25) is 9.59 Å². The molecule has 0 aromatic rings. The SMILES string of the molecule is CCCCCC(CCCCC)CCOC(=O)CCCCCCCN(CCO)CCCCCCCC(=O)OCCC(CCC)CCC. The fraction of sp³-hybridized carbons (Fsp3) is 0.950. The van der Waals surface area contributed by atoms with Gasteiger partial charge in [0.25, 0.3) is 0 Å². The molecule has 0 bridgehead atoms. The molecule has 0 aliphatic carbocycles. The molecule has 0 aromatic heterocycles. The van der Waals surface area contributed by atoms with Crippen LogP contribution in [0.4, 0.5) is 0 Å². The van der Waals surface area contributed by atoms with Crippen LogP contribution >= 0.6 is 0 Å². The van der Waals surface area contributed by atoms with Gasteiger partial charge in [-0.2, -0.15) is 0 Å². The Labute approximate surface area is 286 Å². The highest BCUT2D eigenvalue weighted by Gasteiger charge is 2.12. The number of esters is 2. The van der Waals surface area contributed by atoms with Crippen molar-refractivity contribution in [2.45, 2.75) is 195 Å². The Kier molecular flexibility index (Phi) is 34.3. The summed E-state index contributed by atoms with van der Waals surface area (Å²) in [5.41, 5.74) is 0. The molecule has 0 rings (SSSR count). The zero-order chi connectivity index (χ0) is 33.9. The molecule has 6 heteroatoms. The molecular formula is C40H79NO5. The molecule has 0 saturated carbocycles. The molecule has 0 aliphatic heterocycles. The molecule has 46 heavy (non-hydrogen) atoms. The van der Waals surface area contributed by atoms with Gasteiger partial charge in [0.05, 0.1) is 19.8 Å². The van der Waals surface area contributed by atoms with Crippen molar-refractivity contribution in [1.82, 2.24) is 4.90 Å². The summed E-state index contributed by atoms with van der Waals surface area (Å²) in [6.07, 6.45) is 29.2. The molecule has 0 fully saturated rings. The minimum Gasteiger partial charge on any atom is -0.466 e. The first-order valence-electron chi connectivity index (χ1n) is 20.1. The van der Waals surface area contributed by atoms with Crippen LogP contribution in [0.15, 0.2) is 0 Å². The molecule has 0 saturated heterocycles. The van der Waals surface area contributed by atoms with Crippen molar-refractivity contribution in [3.05, 3.63) is 0 Å². The molecule has 0 aromatic carbocycles. The number of unbranched alkanes of at least 4 members (excludes halogenated alkanes) is 12. The van der Waals surface area contributed by atoms with Crippen molar-refractivity contribution in [1.29, 1.82) is 0 Å². The summed E-state index contributed by atoms with van der Waals surface area (Å²) in [6, 6.07) is 0. The summed E-state index contributed by atoms with van der Waals surface area (Å²) in [7, 11) is 0. The van der Waals surface area contributed by atoms with Gasteiger partial charge in [0.15, 0.2) is 0 Å². The van der Waals surface area contributed by atoms with E-state index >= 15 is 0 Å². The average molecular weight is 654 g/mol. The van der Waals surface area contributed by atoms with E-state index in [1.807, 2.05) is 0 Å². The Morgan fingerprint density at radius 3 is 1.30 bits per heavy atom. The number of rotatable bonds is 36. The Morgan fingerprint density at radius 1 is 0.478 bits per heavy atom. The van der Waals surface area contributed by atoms with Crippen LogP contribution in [0.3, 0.4) is 0 Å². The Bertz CT molecular complexity index is 642. The zero-order valence-corrected chi connectivity index (χ0v) is 31.3. The lowest BCUT2D eigenvalue weighted by molar-refractivity contribution is -0.145. The van der Waals surface area contributed by atoms with Crippen molar-refractivity contribution in [3.8, 4) is 0 Å². The molecule has 0 aliphatic rings. The highest BCUT2D eigenvalue weighted by Crippen LogP contribution is 2.21. The van der Waals surface area contributed by atoms with Gasteiger partial charge in [0.2, 0.25) is 0 Å². The summed E-state index contributed by atoms with van der Waals surface area (Å²) in [5.74, 6) is 1.36. The first-order chi connectivity index (χ1) is 22.5. The van der Waals surface area contributed by atoms with E-state index in [0.29, 0.717) is 37.9 Å². The van der Waals surface area contributed by atoms with Crippen LogP contribution in [0.25, 0.3) is 0 Å². The van der Waals surface area contributed by atoms with Crippen molar-refractivity contribution in [3.63, 3.8) is 0 Å². The van der Waals surface area contributed by atoms with Crippen molar-refractivity contribution < 1.29 is 24.2 Å². The van der Waals surface area contributed by atoms with Gasteiger partial charge in [0.1, 0.15) is 0 Å². The second-order valence-electron chi connectivity index (χ2n) is 13.9. The summed E-state index contributed by atoms with van der Waals surface area (Å²) < 4.78 is 11.1. The van der Waals surface area contributed by atoms with E-state index in [4.69, 9.17) is 9.47 Å². The Morgan fingerprint density at radius 2 is 0.891 bits per heavy atom. The van der Waals surface area contributed by atoms with Gasteiger partial charge < -0.3 is 19.5 Å². The van der Waals surface area contributed by atoms with Crippen LogP contribution in [0.2, 0.25) is 0 Å². The minimum absolute atomic E-state index is 0.0202. The molecular weight excluding hydrogens is 574 g/mol. The molecule has 0 atom stereocenters. The number of hydrogen-bond acceptors (Lipinski definition) is 6. The summed E-state index contributed by atoms with van der Waals surface area (Å²) in [6.45, 7) is 13.2. The largest absolute Gasteiger partial charge is 0.466 e. The lowest BCUT2D eigenvalue weighted by atomic mass is 9.92. The number of ether oxygens (including phenoxy) is 2. The number of nitrogens with zero attached hydrogens (tertiary/aromatic N) is 1. The highest BCUT2D eigenvalue weighted by atomic mass is 16.5.